The number of hydrogen-bond acceptors (Lipinski definition) is 2. The Bertz CT molecular complexity index is 312. The molecular formula is C10H11ClOS. The van der Waals surface area contributed by atoms with Crippen LogP contribution in [0.15, 0.2) is 24.3 Å². The lowest BCUT2D eigenvalue weighted by molar-refractivity contribution is 0.0994. The fourth-order valence-electron chi connectivity index (χ4n) is 0.983. The van der Waals surface area contributed by atoms with Gasteiger partial charge in [-0.3, -0.25) is 4.79 Å². The van der Waals surface area contributed by atoms with Crippen LogP contribution in [0.3, 0.4) is 0 Å². The minimum Gasteiger partial charge on any atom is -0.293 e. The Labute approximate surface area is 87.5 Å². The van der Waals surface area contributed by atoms with Crippen LogP contribution in [0, 0.1) is 0 Å². The van der Waals surface area contributed by atoms with E-state index in [9.17, 15) is 4.79 Å². The molecule has 0 aromatic heterocycles. The Hall–Kier alpha value is -0.470. The number of carbonyl (C=O) groups excluding carboxylic acids is 1. The Morgan fingerprint density at radius 3 is 2.77 bits per heavy atom. The minimum atomic E-state index is -0.00142. The SMILES string of the molecule is CSC(C)C(=O)c1cccc(Cl)c1. The molecular weight excluding hydrogens is 204 g/mol. The molecule has 1 unspecified atom stereocenters. The van der Waals surface area contributed by atoms with Crippen LogP contribution in [0.5, 0.6) is 0 Å². The molecule has 0 aliphatic rings. The van der Waals surface area contributed by atoms with Crippen LogP contribution >= 0.6 is 23.4 Å². The average molecular weight is 215 g/mol. The first-order valence-electron chi connectivity index (χ1n) is 3.97. The van der Waals surface area contributed by atoms with Crippen molar-refractivity contribution in [3.63, 3.8) is 0 Å². The van der Waals surface area contributed by atoms with Gasteiger partial charge in [-0.25, -0.2) is 0 Å². The zero-order valence-corrected chi connectivity index (χ0v) is 9.15. The molecule has 0 heterocycles. The summed E-state index contributed by atoms with van der Waals surface area (Å²) >= 11 is 7.32. The van der Waals surface area contributed by atoms with Crippen molar-refractivity contribution >= 4 is 29.1 Å². The first kappa shape index (κ1) is 10.6. The summed E-state index contributed by atoms with van der Waals surface area (Å²) in [6.45, 7) is 1.90. The van der Waals surface area contributed by atoms with Crippen LogP contribution in [0.2, 0.25) is 5.02 Å². The van der Waals surface area contributed by atoms with Gasteiger partial charge in [-0.1, -0.05) is 23.7 Å². The number of benzene rings is 1. The lowest BCUT2D eigenvalue weighted by Gasteiger charge is -2.06. The van der Waals surface area contributed by atoms with Crippen molar-refractivity contribution in [3.05, 3.63) is 34.9 Å². The molecule has 0 amide bonds. The van der Waals surface area contributed by atoms with Crippen molar-refractivity contribution in [1.82, 2.24) is 0 Å². The van der Waals surface area contributed by atoms with E-state index in [0.717, 1.165) is 0 Å². The Morgan fingerprint density at radius 2 is 2.23 bits per heavy atom. The third kappa shape index (κ3) is 2.75. The quantitative estimate of drug-likeness (QED) is 0.719. The standard InChI is InChI=1S/C10H11ClOS/c1-7(13-2)10(12)8-4-3-5-9(11)6-8/h3-7H,1-2H3. The Balaban J connectivity index is 2.89. The zero-order chi connectivity index (χ0) is 9.84. The second kappa shape index (κ2) is 4.68. The molecule has 1 nitrogen and oxygen atoms in total. The van der Waals surface area contributed by atoms with Crippen molar-refractivity contribution in [2.24, 2.45) is 0 Å². The van der Waals surface area contributed by atoms with Gasteiger partial charge in [0.2, 0.25) is 0 Å². The van der Waals surface area contributed by atoms with Crippen LogP contribution in [0.25, 0.3) is 0 Å². The van der Waals surface area contributed by atoms with Gasteiger partial charge < -0.3 is 0 Å². The molecule has 1 atom stereocenters. The number of rotatable bonds is 3. The van der Waals surface area contributed by atoms with E-state index in [4.69, 9.17) is 11.6 Å². The zero-order valence-electron chi connectivity index (χ0n) is 7.58. The second-order valence-electron chi connectivity index (χ2n) is 2.75. The maximum atomic E-state index is 11.6. The summed E-state index contributed by atoms with van der Waals surface area (Å²) in [6, 6.07) is 7.06. The van der Waals surface area contributed by atoms with E-state index >= 15 is 0 Å². The third-order valence-corrected chi connectivity index (χ3v) is 2.99. The number of hydrogen-bond donors (Lipinski definition) is 0. The fourth-order valence-corrected chi connectivity index (χ4v) is 1.52. The molecule has 0 radical (unpaired) electrons. The van der Waals surface area contributed by atoms with Crippen molar-refractivity contribution in [1.29, 1.82) is 0 Å². The van der Waals surface area contributed by atoms with E-state index in [1.54, 1.807) is 36.0 Å². The van der Waals surface area contributed by atoms with Gasteiger partial charge in [0, 0.05) is 10.6 Å². The van der Waals surface area contributed by atoms with Crippen molar-refractivity contribution in [2.75, 3.05) is 6.26 Å². The molecule has 70 valence electrons. The summed E-state index contributed by atoms with van der Waals surface area (Å²) in [5, 5.41) is 0.609. The van der Waals surface area contributed by atoms with Crippen LogP contribution in [-0.4, -0.2) is 17.3 Å². The third-order valence-electron chi connectivity index (χ3n) is 1.83. The highest BCUT2D eigenvalue weighted by Gasteiger charge is 2.13. The normalized spacial score (nSPS) is 12.5. The average Bonchev–Trinajstić information content (AvgIpc) is 2.15. The maximum absolute atomic E-state index is 11.6. The molecule has 1 aromatic carbocycles. The number of halogens is 1. The Morgan fingerprint density at radius 1 is 1.54 bits per heavy atom. The highest BCUT2D eigenvalue weighted by atomic mass is 35.5. The van der Waals surface area contributed by atoms with Crippen molar-refractivity contribution in [3.8, 4) is 0 Å². The first-order valence-corrected chi connectivity index (χ1v) is 5.64. The molecule has 0 bridgehead atoms. The topological polar surface area (TPSA) is 17.1 Å². The highest BCUT2D eigenvalue weighted by molar-refractivity contribution is 7.99. The number of thioether (sulfide) groups is 1. The minimum absolute atomic E-state index is 0.00142. The number of Topliss-reactive ketones (excluding diaryl/α,β-unsaturated/α-hetero) is 1. The molecule has 0 saturated carbocycles. The maximum Gasteiger partial charge on any atom is 0.175 e. The smallest absolute Gasteiger partial charge is 0.175 e. The van der Waals surface area contributed by atoms with Gasteiger partial charge in [0.25, 0.3) is 0 Å². The fraction of sp³-hybridized carbons (Fsp3) is 0.300. The summed E-state index contributed by atoms with van der Waals surface area (Å²) in [5.41, 5.74) is 0.689. The molecule has 1 rings (SSSR count). The summed E-state index contributed by atoms with van der Waals surface area (Å²) in [6.07, 6.45) is 1.92. The molecule has 0 aliphatic heterocycles. The number of ketones is 1. The monoisotopic (exact) mass is 214 g/mol. The van der Waals surface area contributed by atoms with E-state index in [0.29, 0.717) is 10.6 Å². The molecule has 1 aromatic rings. The second-order valence-corrected chi connectivity index (χ2v) is 4.37. The Kier molecular flexibility index (Phi) is 3.82. The van der Waals surface area contributed by atoms with Gasteiger partial charge in [-0.2, -0.15) is 11.8 Å². The lowest BCUT2D eigenvalue weighted by atomic mass is 10.1. The first-order chi connectivity index (χ1) is 6.15. The molecule has 0 spiro atoms. The summed E-state index contributed by atoms with van der Waals surface area (Å²) in [4.78, 5) is 11.6. The molecule has 0 N–H and O–H groups in total. The largest absolute Gasteiger partial charge is 0.293 e. The van der Waals surface area contributed by atoms with Gasteiger partial charge in [-0.05, 0) is 25.3 Å². The van der Waals surface area contributed by atoms with Gasteiger partial charge in [0.1, 0.15) is 0 Å². The van der Waals surface area contributed by atoms with Gasteiger partial charge in [0.15, 0.2) is 5.78 Å². The van der Waals surface area contributed by atoms with Gasteiger partial charge in [0.05, 0.1) is 5.25 Å². The molecule has 0 fully saturated rings. The number of carbonyl (C=O) groups is 1. The van der Waals surface area contributed by atoms with Crippen molar-refractivity contribution in [2.45, 2.75) is 12.2 Å². The predicted octanol–water partition coefficient (Wildman–Crippen LogP) is 3.27. The highest BCUT2D eigenvalue weighted by Crippen LogP contribution is 2.16. The van der Waals surface area contributed by atoms with E-state index in [1.807, 2.05) is 13.2 Å². The molecule has 13 heavy (non-hydrogen) atoms. The van der Waals surface area contributed by atoms with Gasteiger partial charge in [-0.15, -0.1) is 0 Å². The van der Waals surface area contributed by atoms with E-state index in [2.05, 4.69) is 0 Å². The summed E-state index contributed by atoms with van der Waals surface area (Å²) < 4.78 is 0. The lowest BCUT2D eigenvalue weighted by Crippen LogP contribution is -2.12. The van der Waals surface area contributed by atoms with Crippen LogP contribution in [-0.2, 0) is 0 Å². The van der Waals surface area contributed by atoms with E-state index < -0.39 is 0 Å². The van der Waals surface area contributed by atoms with Crippen LogP contribution in [0.1, 0.15) is 17.3 Å². The summed E-state index contributed by atoms with van der Waals surface area (Å²) in [5.74, 6) is 0.134. The van der Waals surface area contributed by atoms with E-state index in [1.165, 1.54) is 0 Å². The molecule has 3 heteroatoms. The molecule has 0 saturated heterocycles. The summed E-state index contributed by atoms with van der Waals surface area (Å²) in [7, 11) is 0. The van der Waals surface area contributed by atoms with Gasteiger partial charge >= 0.3 is 0 Å². The van der Waals surface area contributed by atoms with Crippen LogP contribution in [0.4, 0.5) is 0 Å². The predicted molar refractivity (Wildman–Crippen MR) is 58.8 cm³/mol. The van der Waals surface area contributed by atoms with E-state index in [-0.39, 0.29) is 11.0 Å². The van der Waals surface area contributed by atoms with Crippen molar-refractivity contribution < 1.29 is 4.79 Å². The molecule has 0 aliphatic carbocycles. The van der Waals surface area contributed by atoms with Crippen LogP contribution < -0.4 is 0 Å².